The molecule has 0 saturated heterocycles. The van der Waals surface area contributed by atoms with E-state index < -0.39 is 42.7 Å². The number of ether oxygens (including phenoxy) is 2. The summed E-state index contributed by atoms with van der Waals surface area (Å²) in [6.07, 6.45) is 4.07. The highest BCUT2D eigenvalue weighted by atomic mass is 35.5. The van der Waals surface area contributed by atoms with Gasteiger partial charge in [0.05, 0.1) is 31.0 Å². The maximum absolute atomic E-state index is 12.0. The van der Waals surface area contributed by atoms with Gasteiger partial charge in [-0.25, -0.2) is 4.79 Å². The first kappa shape index (κ1) is 39.8. The zero-order valence-electron chi connectivity index (χ0n) is 27.3. The van der Waals surface area contributed by atoms with Crippen LogP contribution in [0.3, 0.4) is 0 Å². The second-order valence-electron chi connectivity index (χ2n) is 12.6. The molecule has 11 nitrogen and oxygen atoms in total. The Balaban J connectivity index is 0.00000562. The molecule has 50 heavy (non-hydrogen) atoms. The number of amides is 2. The van der Waals surface area contributed by atoms with Crippen molar-refractivity contribution < 1.29 is 39.8 Å². The van der Waals surface area contributed by atoms with Gasteiger partial charge in [-0.3, -0.25) is 4.98 Å². The monoisotopic (exact) mass is 731 g/mol. The lowest BCUT2D eigenvalue weighted by Gasteiger charge is -2.25. The molecule has 2 aromatic carbocycles. The number of benzene rings is 2. The molecule has 274 valence electrons. The molecule has 2 aliphatic carbocycles. The predicted molar refractivity (Wildman–Crippen MR) is 194 cm³/mol. The number of halogens is 1. The number of pyridine rings is 1. The van der Waals surface area contributed by atoms with Crippen molar-refractivity contribution in [2.75, 3.05) is 25.4 Å². The van der Waals surface area contributed by atoms with Gasteiger partial charge in [0.15, 0.2) is 0 Å². The first-order chi connectivity index (χ1) is 23.7. The maximum atomic E-state index is 12.0. The van der Waals surface area contributed by atoms with Crippen LogP contribution in [0, 0.1) is 0 Å². The van der Waals surface area contributed by atoms with Crippen molar-refractivity contribution in [1.82, 2.24) is 15.6 Å². The Kier molecular flexibility index (Phi) is 15.2. The van der Waals surface area contributed by atoms with Crippen LogP contribution in [0.25, 0.3) is 11.1 Å². The van der Waals surface area contributed by atoms with E-state index in [1.807, 2.05) is 48.8 Å². The minimum atomic E-state index is -1.74. The van der Waals surface area contributed by atoms with Crippen LogP contribution < -0.4 is 15.4 Å². The Labute approximate surface area is 303 Å². The number of unbranched alkanes of at least 4 members (excludes halogenated alkanes) is 2. The number of hydrogen-bond acceptors (Lipinski definition) is 10. The molecule has 0 aliphatic heterocycles. The van der Waals surface area contributed by atoms with Gasteiger partial charge in [0.1, 0.15) is 24.1 Å². The Morgan fingerprint density at radius 2 is 1.74 bits per heavy atom. The molecule has 0 bridgehead atoms. The first-order valence-electron chi connectivity index (χ1n) is 16.8. The average molecular weight is 732 g/mol. The minimum absolute atomic E-state index is 0. The number of para-hydroxylation sites is 1. The highest BCUT2D eigenvalue weighted by molar-refractivity contribution is 7.99. The van der Waals surface area contributed by atoms with Gasteiger partial charge in [-0.05, 0) is 85.7 Å². The number of nitrogens with one attached hydrogen (secondary N) is 2. The van der Waals surface area contributed by atoms with Crippen LogP contribution in [0.2, 0.25) is 5.02 Å². The summed E-state index contributed by atoms with van der Waals surface area (Å²) in [6, 6.07) is 15.7. The molecule has 13 heteroatoms. The third-order valence-electron chi connectivity index (χ3n) is 8.71. The number of rotatable bonds is 20. The number of aliphatic hydroxyl groups is 5. The highest BCUT2D eigenvalue weighted by Gasteiger charge is 2.48. The van der Waals surface area contributed by atoms with Crippen molar-refractivity contribution in [3.05, 3.63) is 77.1 Å². The van der Waals surface area contributed by atoms with E-state index in [9.17, 15) is 25.2 Å². The lowest BCUT2D eigenvalue weighted by molar-refractivity contribution is -0.113. The summed E-state index contributed by atoms with van der Waals surface area (Å²) in [5, 5.41) is 53.4. The van der Waals surface area contributed by atoms with Gasteiger partial charge in [0.25, 0.3) is 0 Å². The Hall–Kier alpha value is -2.94. The normalized spacial score (nSPS) is 17.2. The van der Waals surface area contributed by atoms with Crippen LogP contribution in [0.15, 0.2) is 65.8 Å². The van der Waals surface area contributed by atoms with E-state index in [1.165, 1.54) is 0 Å². The topological polar surface area (TPSA) is 174 Å². The van der Waals surface area contributed by atoms with Crippen LogP contribution in [-0.2, 0) is 16.9 Å². The number of carbonyl (C=O) groups excluding carboxylic acids is 1. The molecule has 0 spiro atoms. The van der Waals surface area contributed by atoms with Crippen molar-refractivity contribution >= 4 is 29.4 Å². The van der Waals surface area contributed by atoms with Crippen LogP contribution in [-0.4, -0.2) is 92.5 Å². The van der Waals surface area contributed by atoms with Crippen molar-refractivity contribution in [3.63, 3.8) is 0 Å². The molecule has 0 unspecified atom stereocenters. The van der Waals surface area contributed by atoms with Gasteiger partial charge in [0.2, 0.25) is 0 Å². The van der Waals surface area contributed by atoms with E-state index in [-0.39, 0.29) is 14.0 Å². The largest absolute Gasteiger partial charge is 0.490 e. The second kappa shape index (κ2) is 19.1. The number of urea groups is 1. The van der Waals surface area contributed by atoms with Crippen LogP contribution >= 0.6 is 23.4 Å². The molecule has 2 fully saturated rings. The summed E-state index contributed by atoms with van der Waals surface area (Å²) in [5.74, 6) is 1.79. The summed E-state index contributed by atoms with van der Waals surface area (Å²) in [5.41, 5.74) is 3.74. The fourth-order valence-electron chi connectivity index (χ4n) is 5.46. The van der Waals surface area contributed by atoms with E-state index in [0.29, 0.717) is 24.3 Å². The van der Waals surface area contributed by atoms with Gasteiger partial charge in [-0.2, -0.15) is 0 Å². The molecule has 4 atom stereocenters. The standard InChI is InChI=1S/C36H46ClN3O8S.CH4/c37-29-11-10-25(49-17-5-1-4-15-39-35(46)40-20-30(42)33(44)34(45)31(43)21-41)18-23(29)22-47-36(13-14-36)28-19-38-16-12-26(28)27-6-2-3-7-32(27)48-24-8-9-24;/h2-3,6-7,10-12,16,18-19,24,30-31,33-34,41-45H,1,4-5,8-9,13-15,17,20-22H2,(H2,39,40,46);1H4/t30-,31+,33+,34+;/m0./s1. The molecule has 2 aliphatic rings. The fourth-order valence-corrected chi connectivity index (χ4v) is 6.61. The zero-order chi connectivity index (χ0) is 34.8. The van der Waals surface area contributed by atoms with Crippen molar-refractivity contribution in [2.45, 2.75) is 100.0 Å². The first-order valence-corrected chi connectivity index (χ1v) is 18.2. The summed E-state index contributed by atoms with van der Waals surface area (Å²) in [7, 11) is 0. The number of carbonyl (C=O) groups is 1. The van der Waals surface area contributed by atoms with Crippen molar-refractivity contribution in [2.24, 2.45) is 0 Å². The summed E-state index contributed by atoms with van der Waals surface area (Å²) in [4.78, 5) is 17.6. The average Bonchev–Trinajstić information content (AvgIpc) is 4.07. The van der Waals surface area contributed by atoms with Gasteiger partial charge >= 0.3 is 6.03 Å². The number of thioether (sulfide) groups is 1. The van der Waals surface area contributed by atoms with Crippen molar-refractivity contribution in [3.8, 4) is 16.9 Å². The number of nitrogens with zero attached hydrogens (tertiary/aromatic N) is 1. The highest BCUT2D eigenvalue weighted by Crippen LogP contribution is 2.53. The lowest BCUT2D eigenvalue weighted by atomic mass is 9.96. The molecule has 1 aromatic heterocycles. The Morgan fingerprint density at radius 3 is 2.48 bits per heavy atom. The van der Waals surface area contributed by atoms with Crippen molar-refractivity contribution in [1.29, 1.82) is 0 Å². The van der Waals surface area contributed by atoms with Gasteiger partial charge in [-0.1, -0.05) is 43.6 Å². The Morgan fingerprint density at radius 1 is 0.980 bits per heavy atom. The summed E-state index contributed by atoms with van der Waals surface area (Å²) in [6.45, 7) is -0.280. The quantitative estimate of drug-likeness (QED) is 0.0633. The smallest absolute Gasteiger partial charge is 0.314 e. The molecule has 3 aromatic rings. The van der Waals surface area contributed by atoms with E-state index >= 15 is 0 Å². The number of aromatic nitrogens is 1. The van der Waals surface area contributed by atoms with E-state index in [0.717, 1.165) is 83.6 Å². The molecule has 1 heterocycles. The molecular formula is C37H50ClN3O8S. The number of aliphatic hydroxyl groups excluding tert-OH is 5. The maximum Gasteiger partial charge on any atom is 0.314 e. The third kappa shape index (κ3) is 11.0. The molecule has 0 radical (unpaired) electrons. The zero-order valence-corrected chi connectivity index (χ0v) is 28.9. The summed E-state index contributed by atoms with van der Waals surface area (Å²) < 4.78 is 12.9. The minimum Gasteiger partial charge on any atom is -0.490 e. The molecule has 2 saturated carbocycles. The van der Waals surface area contributed by atoms with Gasteiger partial charge in [0, 0.05) is 46.5 Å². The fraction of sp³-hybridized carbons (Fsp3) is 0.514. The third-order valence-corrected chi connectivity index (χ3v) is 10.2. The second-order valence-corrected chi connectivity index (χ2v) is 14.2. The molecule has 7 N–H and O–H groups in total. The summed E-state index contributed by atoms with van der Waals surface area (Å²) >= 11 is 8.35. The van der Waals surface area contributed by atoms with Crippen LogP contribution in [0.5, 0.6) is 5.75 Å². The van der Waals surface area contributed by atoms with E-state index in [4.69, 9.17) is 26.2 Å². The SMILES string of the molecule is C.O=C(NCCCCCSc1ccc(Cl)c(COC2(c3cnccc3-c3ccccc3OC3CC3)CC2)c1)NC[C@H](O)[C@@H](O)[C@H](O)[C@H](O)CO. The van der Waals surface area contributed by atoms with Crippen LogP contribution in [0.4, 0.5) is 4.79 Å². The molecule has 5 rings (SSSR count). The predicted octanol–water partition coefficient (Wildman–Crippen LogP) is 4.78. The van der Waals surface area contributed by atoms with Gasteiger partial charge < -0.3 is 45.6 Å². The number of hydrogen-bond donors (Lipinski definition) is 7. The van der Waals surface area contributed by atoms with E-state index in [1.54, 1.807) is 11.8 Å². The molecule has 2 amide bonds. The lowest BCUT2D eigenvalue weighted by Crippen LogP contribution is -2.50. The molecular weight excluding hydrogens is 682 g/mol. The van der Waals surface area contributed by atoms with E-state index in [2.05, 4.69) is 27.8 Å². The van der Waals surface area contributed by atoms with Crippen LogP contribution in [0.1, 0.15) is 63.5 Å². The Bertz CT molecular complexity index is 1530. The van der Waals surface area contributed by atoms with Gasteiger partial charge in [-0.15, -0.1) is 11.8 Å².